The van der Waals surface area contributed by atoms with Crippen LogP contribution in [-0.2, 0) is 9.59 Å². The molecule has 0 bridgehead atoms. The number of carbonyl (C=O) groups is 2. The maximum Gasteiger partial charge on any atom is 0.222 e. The van der Waals surface area contributed by atoms with Gasteiger partial charge in [-0.3, -0.25) is 9.59 Å². The third kappa shape index (κ3) is 4.54. The van der Waals surface area contributed by atoms with Crippen LogP contribution in [0.1, 0.15) is 42.8 Å². The Bertz CT molecular complexity index is 776. The second-order valence-electron chi connectivity index (χ2n) is 6.16. The summed E-state index contributed by atoms with van der Waals surface area (Å²) in [7, 11) is 0. The van der Waals surface area contributed by atoms with Gasteiger partial charge in [0.05, 0.1) is 18.5 Å². The van der Waals surface area contributed by atoms with E-state index in [4.69, 9.17) is 9.47 Å². The van der Waals surface area contributed by atoms with Crippen LogP contribution in [0.15, 0.2) is 35.7 Å². The van der Waals surface area contributed by atoms with E-state index in [0.717, 1.165) is 16.2 Å². The number of thiophene rings is 1. The van der Waals surface area contributed by atoms with Gasteiger partial charge < -0.3 is 20.1 Å². The molecule has 2 aromatic rings. The van der Waals surface area contributed by atoms with Crippen molar-refractivity contribution in [2.24, 2.45) is 0 Å². The molecule has 1 aliphatic rings. The van der Waals surface area contributed by atoms with E-state index in [0.29, 0.717) is 19.0 Å². The van der Waals surface area contributed by atoms with Gasteiger partial charge in [0, 0.05) is 11.8 Å². The number of rotatable bonds is 6. The van der Waals surface area contributed by atoms with Crippen LogP contribution in [0.3, 0.4) is 0 Å². The molecule has 3 rings (SSSR count). The summed E-state index contributed by atoms with van der Waals surface area (Å²) >= 11 is 1.52. The molecule has 2 amide bonds. The molecule has 138 valence electrons. The molecule has 0 saturated heterocycles. The molecule has 7 heteroatoms. The Morgan fingerprint density at radius 1 is 1.15 bits per heavy atom. The van der Waals surface area contributed by atoms with Gasteiger partial charge in [-0.2, -0.15) is 0 Å². The molecule has 0 spiro atoms. The topological polar surface area (TPSA) is 76.7 Å². The van der Waals surface area contributed by atoms with Crippen LogP contribution in [0, 0.1) is 0 Å². The van der Waals surface area contributed by atoms with Crippen LogP contribution >= 0.6 is 11.3 Å². The van der Waals surface area contributed by atoms with E-state index in [1.165, 1.54) is 18.3 Å². The van der Waals surface area contributed by atoms with Gasteiger partial charge in [0.15, 0.2) is 11.5 Å². The molecule has 0 fully saturated rings. The van der Waals surface area contributed by atoms with Crippen molar-refractivity contribution in [2.45, 2.75) is 32.4 Å². The van der Waals surface area contributed by atoms with Crippen LogP contribution in [0.5, 0.6) is 11.5 Å². The van der Waals surface area contributed by atoms with Crippen LogP contribution < -0.4 is 20.1 Å². The average Bonchev–Trinajstić information content (AvgIpc) is 3.15. The minimum absolute atomic E-state index is 0.125. The van der Waals surface area contributed by atoms with Crippen LogP contribution in [0.2, 0.25) is 0 Å². The molecule has 1 aromatic heterocycles. The van der Waals surface area contributed by atoms with Crippen molar-refractivity contribution in [3.63, 3.8) is 0 Å². The third-order valence-electron chi connectivity index (χ3n) is 4.10. The highest BCUT2D eigenvalue weighted by Crippen LogP contribution is 2.32. The predicted octanol–water partition coefficient (Wildman–Crippen LogP) is 2.96. The van der Waals surface area contributed by atoms with Crippen LogP contribution in [0.4, 0.5) is 0 Å². The lowest BCUT2D eigenvalue weighted by molar-refractivity contribution is -0.123. The summed E-state index contributed by atoms with van der Waals surface area (Å²) in [5.41, 5.74) is 0.940. The van der Waals surface area contributed by atoms with Crippen molar-refractivity contribution < 1.29 is 19.1 Å². The maximum atomic E-state index is 12.5. The normalized spacial score (nSPS) is 15.0. The van der Waals surface area contributed by atoms with Crippen molar-refractivity contribution in [1.82, 2.24) is 10.6 Å². The maximum absolute atomic E-state index is 12.5. The molecule has 0 radical (unpaired) electrons. The van der Waals surface area contributed by atoms with E-state index in [1.807, 2.05) is 42.6 Å². The number of ether oxygens (including phenoxy) is 2. The number of amides is 2. The Labute approximate surface area is 156 Å². The summed E-state index contributed by atoms with van der Waals surface area (Å²) in [6, 6.07) is 9.00. The van der Waals surface area contributed by atoms with Gasteiger partial charge in [0.25, 0.3) is 0 Å². The van der Waals surface area contributed by atoms with Gasteiger partial charge in [-0.05, 0) is 36.1 Å². The molecule has 1 aliphatic heterocycles. The predicted molar refractivity (Wildman–Crippen MR) is 99.5 cm³/mol. The lowest BCUT2D eigenvalue weighted by Gasteiger charge is -2.22. The van der Waals surface area contributed by atoms with Crippen LogP contribution in [0.25, 0.3) is 0 Å². The number of nitrogens with one attached hydrogen (secondary N) is 2. The van der Waals surface area contributed by atoms with Crippen molar-refractivity contribution in [3.8, 4) is 11.5 Å². The Kier molecular flexibility index (Phi) is 5.78. The summed E-state index contributed by atoms with van der Waals surface area (Å²) in [6.45, 7) is 4.44. The van der Waals surface area contributed by atoms with Crippen molar-refractivity contribution in [3.05, 3.63) is 46.2 Å². The van der Waals surface area contributed by atoms with Gasteiger partial charge in [-0.1, -0.05) is 12.1 Å². The molecule has 0 aliphatic carbocycles. The second-order valence-corrected chi connectivity index (χ2v) is 7.14. The first kappa shape index (κ1) is 18.3. The van der Waals surface area contributed by atoms with E-state index < -0.39 is 0 Å². The summed E-state index contributed by atoms with van der Waals surface area (Å²) in [5.74, 6) is 1.14. The highest BCUT2D eigenvalue weighted by atomic mass is 32.1. The van der Waals surface area contributed by atoms with E-state index >= 15 is 0 Å². The monoisotopic (exact) mass is 374 g/mol. The first-order valence-electron chi connectivity index (χ1n) is 8.52. The molecule has 2 unspecified atom stereocenters. The zero-order chi connectivity index (χ0) is 18.5. The number of benzene rings is 1. The van der Waals surface area contributed by atoms with Gasteiger partial charge in [-0.25, -0.2) is 0 Å². The van der Waals surface area contributed by atoms with E-state index in [-0.39, 0.29) is 30.3 Å². The fraction of sp³-hybridized carbons (Fsp3) is 0.368. The molecule has 26 heavy (non-hydrogen) atoms. The summed E-state index contributed by atoms with van der Waals surface area (Å²) in [4.78, 5) is 24.9. The highest BCUT2D eigenvalue weighted by molar-refractivity contribution is 7.10. The lowest BCUT2D eigenvalue weighted by Crippen LogP contribution is -2.33. The first-order chi connectivity index (χ1) is 12.5. The molecule has 2 atom stereocenters. The fourth-order valence-electron chi connectivity index (χ4n) is 2.86. The van der Waals surface area contributed by atoms with Crippen molar-refractivity contribution >= 4 is 23.2 Å². The van der Waals surface area contributed by atoms with E-state index in [9.17, 15) is 9.59 Å². The SMILES string of the molecule is CC(=O)NC(CC(=O)NC(C)c1ccc2c(c1)OCCO2)c1cccs1. The largest absolute Gasteiger partial charge is 0.486 e. The molecule has 6 nitrogen and oxygen atoms in total. The molecule has 0 saturated carbocycles. The van der Waals surface area contributed by atoms with Gasteiger partial charge in [0.1, 0.15) is 13.2 Å². The summed E-state index contributed by atoms with van der Waals surface area (Å²) < 4.78 is 11.1. The first-order valence-corrected chi connectivity index (χ1v) is 9.40. The minimum atomic E-state index is -0.319. The van der Waals surface area contributed by atoms with E-state index in [2.05, 4.69) is 10.6 Å². The molecule has 2 heterocycles. The van der Waals surface area contributed by atoms with E-state index in [1.54, 1.807) is 0 Å². The van der Waals surface area contributed by atoms with Gasteiger partial charge in [-0.15, -0.1) is 11.3 Å². The molecule has 1 aromatic carbocycles. The molecular weight excluding hydrogens is 352 g/mol. The number of hydrogen-bond donors (Lipinski definition) is 2. The van der Waals surface area contributed by atoms with Crippen molar-refractivity contribution in [2.75, 3.05) is 13.2 Å². The Morgan fingerprint density at radius 2 is 1.92 bits per heavy atom. The minimum Gasteiger partial charge on any atom is -0.486 e. The zero-order valence-electron chi connectivity index (χ0n) is 14.8. The highest BCUT2D eigenvalue weighted by Gasteiger charge is 2.20. The van der Waals surface area contributed by atoms with Crippen LogP contribution in [-0.4, -0.2) is 25.0 Å². The average molecular weight is 374 g/mol. The third-order valence-corrected chi connectivity index (χ3v) is 5.08. The quantitative estimate of drug-likeness (QED) is 0.815. The Hall–Kier alpha value is -2.54. The Morgan fingerprint density at radius 3 is 2.62 bits per heavy atom. The standard InChI is InChI=1S/C19H22N2O4S/c1-12(14-5-6-16-17(10-14)25-8-7-24-16)20-19(23)11-15(21-13(2)22)18-4-3-9-26-18/h3-6,9-10,12,15H,7-8,11H2,1-2H3,(H,20,23)(H,21,22). The number of carbonyl (C=O) groups excluding carboxylic acids is 2. The lowest BCUT2D eigenvalue weighted by atomic mass is 10.1. The summed E-state index contributed by atoms with van der Waals surface area (Å²) in [5, 5.41) is 7.76. The van der Waals surface area contributed by atoms with Crippen molar-refractivity contribution in [1.29, 1.82) is 0 Å². The second kappa shape index (κ2) is 8.23. The summed E-state index contributed by atoms with van der Waals surface area (Å²) in [6.07, 6.45) is 0.189. The van der Waals surface area contributed by atoms with Gasteiger partial charge >= 0.3 is 0 Å². The molecular formula is C19H22N2O4S. The fourth-order valence-corrected chi connectivity index (χ4v) is 3.63. The Balaban J connectivity index is 1.63. The van der Waals surface area contributed by atoms with Gasteiger partial charge in [0.2, 0.25) is 11.8 Å². The number of hydrogen-bond acceptors (Lipinski definition) is 5. The molecule has 2 N–H and O–H groups in total. The number of fused-ring (bicyclic) bond motifs is 1. The zero-order valence-corrected chi connectivity index (χ0v) is 15.6. The smallest absolute Gasteiger partial charge is 0.222 e.